The standard InChI is InChI=1S/C12H22O4/c1-2-16-12(15)10-8-6-4-3-5-7-9-11(13)14/h2-10H2,1H3,(H,13,14). The molecule has 0 fully saturated rings. The quantitative estimate of drug-likeness (QED) is 0.463. The Labute approximate surface area is 97.0 Å². The van der Waals surface area contributed by atoms with Gasteiger partial charge in [-0.15, -0.1) is 0 Å². The number of esters is 1. The first-order valence-electron chi connectivity index (χ1n) is 6.04. The van der Waals surface area contributed by atoms with E-state index in [1.165, 1.54) is 0 Å². The van der Waals surface area contributed by atoms with E-state index in [0.29, 0.717) is 13.0 Å². The van der Waals surface area contributed by atoms with E-state index in [1.807, 2.05) is 0 Å². The van der Waals surface area contributed by atoms with Gasteiger partial charge in [-0.05, 0) is 19.8 Å². The number of carbonyl (C=O) groups is 2. The van der Waals surface area contributed by atoms with Gasteiger partial charge in [0.05, 0.1) is 6.61 Å². The van der Waals surface area contributed by atoms with Crippen LogP contribution < -0.4 is 0 Å². The van der Waals surface area contributed by atoms with Gasteiger partial charge in [0.25, 0.3) is 0 Å². The van der Waals surface area contributed by atoms with Gasteiger partial charge in [-0.25, -0.2) is 0 Å². The van der Waals surface area contributed by atoms with Gasteiger partial charge >= 0.3 is 11.9 Å². The van der Waals surface area contributed by atoms with Crippen LogP contribution in [0.15, 0.2) is 0 Å². The number of carboxylic acids is 1. The van der Waals surface area contributed by atoms with Crippen molar-refractivity contribution in [3.05, 3.63) is 0 Å². The zero-order chi connectivity index (χ0) is 12.2. The van der Waals surface area contributed by atoms with Gasteiger partial charge in [0, 0.05) is 12.8 Å². The number of hydrogen-bond donors (Lipinski definition) is 1. The minimum atomic E-state index is -0.720. The Morgan fingerprint density at radius 3 is 1.94 bits per heavy atom. The first kappa shape index (κ1) is 14.9. The molecular weight excluding hydrogens is 208 g/mol. The molecule has 0 radical (unpaired) electrons. The van der Waals surface area contributed by atoms with Crippen LogP contribution in [0.4, 0.5) is 0 Å². The summed E-state index contributed by atoms with van der Waals surface area (Å²) in [5.41, 5.74) is 0. The van der Waals surface area contributed by atoms with Crippen LogP contribution in [-0.2, 0) is 14.3 Å². The fraction of sp³-hybridized carbons (Fsp3) is 0.833. The molecule has 0 aromatic heterocycles. The molecule has 0 atom stereocenters. The number of aliphatic carboxylic acids is 1. The minimum absolute atomic E-state index is 0.117. The molecule has 0 aromatic carbocycles. The van der Waals surface area contributed by atoms with E-state index >= 15 is 0 Å². The fourth-order valence-electron chi connectivity index (χ4n) is 1.49. The Hall–Kier alpha value is -1.06. The molecule has 0 aromatic rings. The average molecular weight is 230 g/mol. The van der Waals surface area contributed by atoms with Crippen LogP contribution in [0.5, 0.6) is 0 Å². The topological polar surface area (TPSA) is 63.6 Å². The first-order chi connectivity index (χ1) is 7.66. The van der Waals surface area contributed by atoms with Crippen LogP contribution in [0.3, 0.4) is 0 Å². The van der Waals surface area contributed by atoms with E-state index in [2.05, 4.69) is 0 Å². The Balaban J connectivity index is 3.09. The lowest BCUT2D eigenvalue weighted by Crippen LogP contribution is -2.03. The summed E-state index contributed by atoms with van der Waals surface area (Å²) in [7, 11) is 0. The van der Waals surface area contributed by atoms with E-state index in [9.17, 15) is 9.59 Å². The normalized spacial score (nSPS) is 10.1. The summed E-state index contributed by atoms with van der Waals surface area (Å²) in [6, 6.07) is 0. The van der Waals surface area contributed by atoms with Gasteiger partial charge in [-0.1, -0.05) is 25.7 Å². The van der Waals surface area contributed by atoms with Crippen LogP contribution in [0.2, 0.25) is 0 Å². The maximum Gasteiger partial charge on any atom is 0.305 e. The lowest BCUT2D eigenvalue weighted by atomic mass is 10.1. The summed E-state index contributed by atoms with van der Waals surface area (Å²) in [5, 5.41) is 8.41. The first-order valence-corrected chi connectivity index (χ1v) is 6.04. The third-order valence-electron chi connectivity index (χ3n) is 2.33. The number of hydrogen-bond acceptors (Lipinski definition) is 3. The smallest absolute Gasteiger partial charge is 0.305 e. The molecule has 0 aliphatic carbocycles. The van der Waals surface area contributed by atoms with Gasteiger partial charge in [0.1, 0.15) is 0 Å². The molecule has 0 aliphatic rings. The maximum absolute atomic E-state index is 11.0. The molecule has 0 saturated carbocycles. The summed E-state index contributed by atoms with van der Waals surface area (Å²) in [6.07, 6.45) is 6.50. The fourth-order valence-corrected chi connectivity index (χ4v) is 1.49. The molecule has 0 spiro atoms. The van der Waals surface area contributed by atoms with Gasteiger partial charge in [0.15, 0.2) is 0 Å². The van der Waals surface area contributed by atoms with Crippen LogP contribution in [0.1, 0.15) is 58.3 Å². The number of unbranched alkanes of at least 4 members (excludes halogenated alkanes) is 5. The third-order valence-corrected chi connectivity index (χ3v) is 2.33. The van der Waals surface area contributed by atoms with Crippen LogP contribution >= 0.6 is 0 Å². The van der Waals surface area contributed by atoms with Crippen molar-refractivity contribution in [2.45, 2.75) is 58.3 Å². The van der Waals surface area contributed by atoms with Crippen molar-refractivity contribution in [3.8, 4) is 0 Å². The van der Waals surface area contributed by atoms with Gasteiger partial charge in [-0.2, -0.15) is 0 Å². The lowest BCUT2D eigenvalue weighted by molar-refractivity contribution is -0.143. The maximum atomic E-state index is 11.0. The third kappa shape index (κ3) is 11.0. The summed E-state index contributed by atoms with van der Waals surface area (Å²) in [6.45, 7) is 2.26. The van der Waals surface area contributed by atoms with Crippen molar-refractivity contribution in [1.82, 2.24) is 0 Å². The minimum Gasteiger partial charge on any atom is -0.481 e. The molecule has 0 unspecified atom stereocenters. The van der Waals surface area contributed by atoms with E-state index < -0.39 is 5.97 Å². The number of carbonyl (C=O) groups excluding carboxylic acids is 1. The molecule has 1 N–H and O–H groups in total. The highest BCUT2D eigenvalue weighted by atomic mass is 16.5. The second-order valence-corrected chi connectivity index (χ2v) is 3.82. The summed E-state index contributed by atoms with van der Waals surface area (Å²) >= 11 is 0. The van der Waals surface area contributed by atoms with Crippen molar-refractivity contribution in [1.29, 1.82) is 0 Å². The number of carboxylic acid groups (broad SMARTS) is 1. The highest BCUT2D eigenvalue weighted by Gasteiger charge is 2.01. The highest BCUT2D eigenvalue weighted by Crippen LogP contribution is 2.08. The molecule has 0 saturated heterocycles. The molecule has 4 heteroatoms. The van der Waals surface area contributed by atoms with Gasteiger partial charge in [0.2, 0.25) is 0 Å². The Morgan fingerprint density at radius 1 is 0.938 bits per heavy atom. The zero-order valence-corrected chi connectivity index (χ0v) is 10.0. The van der Waals surface area contributed by atoms with E-state index in [1.54, 1.807) is 6.92 Å². The van der Waals surface area contributed by atoms with Gasteiger partial charge < -0.3 is 9.84 Å². The number of rotatable bonds is 10. The van der Waals surface area contributed by atoms with Gasteiger partial charge in [-0.3, -0.25) is 9.59 Å². The van der Waals surface area contributed by atoms with Crippen molar-refractivity contribution in [2.75, 3.05) is 6.61 Å². The summed E-state index contributed by atoms with van der Waals surface area (Å²) < 4.78 is 4.81. The number of ether oxygens (including phenoxy) is 1. The second kappa shape index (κ2) is 10.5. The Bertz CT molecular complexity index is 201. The summed E-state index contributed by atoms with van der Waals surface area (Å²) in [4.78, 5) is 21.2. The van der Waals surface area contributed by atoms with Crippen molar-refractivity contribution >= 4 is 11.9 Å². The summed E-state index contributed by atoms with van der Waals surface area (Å²) in [5.74, 6) is -0.837. The van der Waals surface area contributed by atoms with E-state index in [0.717, 1.165) is 38.5 Å². The molecule has 94 valence electrons. The van der Waals surface area contributed by atoms with Crippen molar-refractivity contribution in [3.63, 3.8) is 0 Å². The molecule has 0 rings (SSSR count). The predicted molar refractivity (Wildman–Crippen MR) is 61.2 cm³/mol. The molecule has 16 heavy (non-hydrogen) atoms. The SMILES string of the molecule is CCOC(=O)CCCCCCCCC(=O)O. The van der Waals surface area contributed by atoms with Crippen molar-refractivity contribution in [2.24, 2.45) is 0 Å². The molecule has 0 bridgehead atoms. The molecule has 4 nitrogen and oxygen atoms in total. The Morgan fingerprint density at radius 2 is 1.44 bits per heavy atom. The van der Waals surface area contributed by atoms with Crippen LogP contribution in [0, 0.1) is 0 Å². The molecule has 0 heterocycles. The van der Waals surface area contributed by atoms with Crippen molar-refractivity contribution < 1.29 is 19.4 Å². The molecular formula is C12H22O4. The second-order valence-electron chi connectivity index (χ2n) is 3.82. The van der Waals surface area contributed by atoms with Crippen LogP contribution in [0.25, 0.3) is 0 Å². The molecule has 0 aliphatic heterocycles. The molecule has 0 amide bonds. The van der Waals surface area contributed by atoms with Crippen LogP contribution in [-0.4, -0.2) is 23.7 Å². The lowest BCUT2D eigenvalue weighted by Gasteiger charge is -2.02. The monoisotopic (exact) mass is 230 g/mol. The average Bonchev–Trinajstić information content (AvgIpc) is 2.22. The Kier molecular flexibility index (Phi) is 9.76. The van der Waals surface area contributed by atoms with E-state index in [4.69, 9.17) is 9.84 Å². The highest BCUT2D eigenvalue weighted by molar-refractivity contribution is 5.69. The van der Waals surface area contributed by atoms with E-state index in [-0.39, 0.29) is 12.4 Å². The largest absolute Gasteiger partial charge is 0.481 e. The zero-order valence-electron chi connectivity index (χ0n) is 10.0. The predicted octanol–water partition coefficient (Wildman–Crippen LogP) is 2.75.